The highest BCUT2D eigenvalue weighted by Gasteiger charge is 2.10. The number of hydrogen-bond acceptors (Lipinski definition) is 7. The Morgan fingerprint density at radius 3 is 2.64 bits per heavy atom. The number of nitrogens with zero attached hydrogens (tertiary/aromatic N) is 5. The summed E-state index contributed by atoms with van der Waals surface area (Å²) in [4.78, 5) is 0. The number of hydrazone groups is 1. The molecule has 140 valence electrons. The minimum atomic E-state index is 0.410. The van der Waals surface area contributed by atoms with Gasteiger partial charge in [-0.1, -0.05) is 41.5 Å². The Kier molecular flexibility index (Phi) is 4.83. The van der Waals surface area contributed by atoms with Gasteiger partial charge in [-0.3, -0.25) is 0 Å². The summed E-state index contributed by atoms with van der Waals surface area (Å²) in [7, 11) is 3.19. The van der Waals surface area contributed by atoms with Crippen LogP contribution < -0.4 is 14.9 Å². The number of benzene rings is 3. The van der Waals surface area contributed by atoms with Crippen molar-refractivity contribution in [3.05, 3.63) is 66.2 Å². The SMILES string of the molecule is COc1ccc(C=NNc2nnnn2-c2cccc3ccccc23)cc1OC. The summed E-state index contributed by atoms with van der Waals surface area (Å²) in [6.07, 6.45) is 1.66. The van der Waals surface area contributed by atoms with Gasteiger partial charge in [0.1, 0.15) is 0 Å². The van der Waals surface area contributed by atoms with Gasteiger partial charge >= 0.3 is 0 Å². The highest BCUT2D eigenvalue weighted by Crippen LogP contribution is 2.27. The third-order valence-electron chi connectivity index (χ3n) is 4.25. The van der Waals surface area contributed by atoms with Crippen LogP contribution in [0.1, 0.15) is 5.56 Å². The van der Waals surface area contributed by atoms with Gasteiger partial charge in [0, 0.05) is 5.39 Å². The molecule has 0 aliphatic rings. The lowest BCUT2D eigenvalue weighted by atomic mass is 10.1. The first kappa shape index (κ1) is 17.5. The molecular formula is C20H18N6O2. The predicted octanol–water partition coefficient (Wildman–Crippen LogP) is 3.28. The average molecular weight is 374 g/mol. The zero-order valence-corrected chi connectivity index (χ0v) is 15.4. The lowest BCUT2D eigenvalue weighted by Crippen LogP contribution is -2.04. The van der Waals surface area contributed by atoms with E-state index < -0.39 is 0 Å². The third-order valence-corrected chi connectivity index (χ3v) is 4.25. The van der Waals surface area contributed by atoms with Crippen molar-refractivity contribution in [2.45, 2.75) is 0 Å². The maximum Gasteiger partial charge on any atom is 0.268 e. The Morgan fingerprint density at radius 1 is 0.964 bits per heavy atom. The quantitative estimate of drug-likeness (QED) is 0.412. The van der Waals surface area contributed by atoms with Gasteiger partial charge in [-0.2, -0.15) is 9.78 Å². The molecular weight excluding hydrogens is 356 g/mol. The summed E-state index contributed by atoms with van der Waals surface area (Å²) in [6, 6.07) is 19.6. The summed E-state index contributed by atoms with van der Waals surface area (Å²) in [6.45, 7) is 0. The number of ether oxygens (including phenoxy) is 2. The van der Waals surface area contributed by atoms with Gasteiger partial charge in [-0.05, 0) is 45.6 Å². The lowest BCUT2D eigenvalue weighted by Gasteiger charge is -2.08. The Bertz CT molecular complexity index is 1130. The Balaban J connectivity index is 1.59. The summed E-state index contributed by atoms with van der Waals surface area (Å²) in [5.41, 5.74) is 4.60. The van der Waals surface area contributed by atoms with E-state index >= 15 is 0 Å². The first-order valence-electron chi connectivity index (χ1n) is 8.58. The number of aromatic nitrogens is 4. The number of hydrogen-bond donors (Lipinski definition) is 1. The second-order valence-corrected chi connectivity index (χ2v) is 5.90. The van der Waals surface area contributed by atoms with Gasteiger partial charge in [0.25, 0.3) is 5.95 Å². The standard InChI is InChI=1S/C20H18N6O2/c1-27-18-11-10-14(12-19(18)28-2)13-21-22-20-23-24-25-26(20)17-9-5-7-15-6-3-4-8-16(15)17/h3-13H,1-2H3,(H,22,23,25). The van der Waals surface area contributed by atoms with Crippen LogP contribution in [0, 0.1) is 0 Å². The van der Waals surface area contributed by atoms with Crippen LogP contribution in [0.5, 0.6) is 11.5 Å². The first-order valence-corrected chi connectivity index (χ1v) is 8.58. The van der Waals surface area contributed by atoms with E-state index in [-0.39, 0.29) is 0 Å². The fourth-order valence-electron chi connectivity index (χ4n) is 2.91. The number of fused-ring (bicyclic) bond motifs is 1. The molecule has 0 aliphatic carbocycles. The van der Waals surface area contributed by atoms with Crippen molar-refractivity contribution in [3.8, 4) is 17.2 Å². The summed E-state index contributed by atoms with van der Waals surface area (Å²) >= 11 is 0. The topological polar surface area (TPSA) is 86.5 Å². The molecule has 8 heteroatoms. The average Bonchev–Trinajstić information content (AvgIpc) is 3.21. The van der Waals surface area contributed by atoms with Gasteiger partial charge in [-0.15, -0.1) is 0 Å². The normalized spacial score (nSPS) is 11.1. The van der Waals surface area contributed by atoms with E-state index in [4.69, 9.17) is 9.47 Å². The number of tetrazole rings is 1. The monoisotopic (exact) mass is 374 g/mol. The van der Waals surface area contributed by atoms with Crippen LogP contribution in [0.3, 0.4) is 0 Å². The molecule has 0 saturated heterocycles. The summed E-state index contributed by atoms with van der Waals surface area (Å²) in [5, 5.41) is 18.3. The Morgan fingerprint density at radius 2 is 1.79 bits per heavy atom. The number of rotatable bonds is 6. The third kappa shape index (κ3) is 3.35. The molecule has 4 aromatic rings. The minimum absolute atomic E-state index is 0.410. The maximum absolute atomic E-state index is 5.30. The molecule has 1 N–H and O–H groups in total. The zero-order chi connectivity index (χ0) is 19.3. The molecule has 3 aromatic carbocycles. The highest BCUT2D eigenvalue weighted by molar-refractivity contribution is 5.90. The van der Waals surface area contributed by atoms with Crippen LogP contribution in [-0.4, -0.2) is 40.6 Å². The predicted molar refractivity (Wildman–Crippen MR) is 107 cm³/mol. The van der Waals surface area contributed by atoms with Crippen LogP contribution in [0.2, 0.25) is 0 Å². The molecule has 0 spiro atoms. The van der Waals surface area contributed by atoms with E-state index in [1.54, 1.807) is 25.1 Å². The van der Waals surface area contributed by atoms with Crippen LogP contribution in [-0.2, 0) is 0 Å². The molecule has 0 atom stereocenters. The smallest absolute Gasteiger partial charge is 0.268 e. The van der Waals surface area contributed by atoms with E-state index in [9.17, 15) is 0 Å². The molecule has 0 aliphatic heterocycles. The molecule has 0 unspecified atom stereocenters. The van der Waals surface area contributed by atoms with Crippen molar-refractivity contribution in [2.75, 3.05) is 19.6 Å². The fourth-order valence-corrected chi connectivity index (χ4v) is 2.91. The van der Waals surface area contributed by atoms with Crippen LogP contribution in [0.15, 0.2) is 65.8 Å². The van der Waals surface area contributed by atoms with E-state index in [1.165, 1.54) is 0 Å². The molecule has 0 fully saturated rings. The van der Waals surface area contributed by atoms with Crippen molar-refractivity contribution < 1.29 is 9.47 Å². The summed E-state index contributed by atoms with van der Waals surface area (Å²) < 4.78 is 12.2. The van der Waals surface area contributed by atoms with E-state index in [0.717, 1.165) is 22.0 Å². The molecule has 0 amide bonds. The van der Waals surface area contributed by atoms with Crippen molar-refractivity contribution >= 4 is 22.9 Å². The summed E-state index contributed by atoms with van der Waals surface area (Å²) in [5.74, 6) is 1.70. The second kappa shape index (κ2) is 7.75. The lowest BCUT2D eigenvalue weighted by molar-refractivity contribution is 0.355. The number of anilines is 1. The van der Waals surface area contributed by atoms with Crippen LogP contribution in [0.25, 0.3) is 16.5 Å². The van der Waals surface area contributed by atoms with Crippen LogP contribution in [0.4, 0.5) is 5.95 Å². The van der Waals surface area contributed by atoms with Crippen molar-refractivity contribution in [1.29, 1.82) is 0 Å². The second-order valence-electron chi connectivity index (χ2n) is 5.90. The van der Waals surface area contributed by atoms with E-state index in [0.29, 0.717) is 17.4 Å². The molecule has 0 radical (unpaired) electrons. The molecule has 0 bridgehead atoms. The largest absolute Gasteiger partial charge is 0.493 e. The van der Waals surface area contributed by atoms with Crippen LogP contribution >= 0.6 is 0 Å². The van der Waals surface area contributed by atoms with Gasteiger partial charge in [0.05, 0.1) is 26.1 Å². The fraction of sp³-hybridized carbons (Fsp3) is 0.100. The van der Waals surface area contributed by atoms with Crippen molar-refractivity contribution in [1.82, 2.24) is 20.2 Å². The van der Waals surface area contributed by atoms with Gasteiger partial charge in [-0.25, -0.2) is 5.43 Å². The van der Waals surface area contributed by atoms with Crippen molar-refractivity contribution in [2.24, 2.45) is 5.10 Å². The molecule has 0 saturated carbocycles. The highest BCUT2D eigenvalue weighted by atomic mass is 16.5. The number of methoxy groups -OCH3 is 2. The minimum Gasteiger partial charge on any atom is -0.493 e. The zero-order valence-electron chi connectivity index (χ0n) is 15.4. The molecule has 1 heterocycles. The van der Waals surface area contributed by atoms with Gasteiger partial charge in [0.15, 0.2) is 11.5 Å². The van der Waals surface area contributed by atoms with E-state index in [2.05, 4.69) is 26.1 Å². The van der Waals surface area contributed by atoms with Gasteiger partial charge < -0.3 is 9.47 Å². The molecule has 4 rings (SSSR count). The molecule has 28 heavy (non-hydrogen) atoms. The van der Waals surface area contributed by atoms with Gasteiger partial charge in [0.2, 0.25) is 0 Å². The number of nitrogens with one attached hydrogen (secondary N) is 1. The maximum atomic E-state index is 5.30. The molecule has 1 aromatic heterocycles. The van der Waals surface area contributed by atoms with Crippen molar-refractivity contribution in [3.63, 3.8) is 0 Å². The Hall–Kier alpha value is -3.94. The first-order chi connectivity index (χ1) is 13.8. The Labute approximate surface area is 161 Å². The van der Waals surface area contributed by atoms with E-state index in [1.807, 2.05) is 60.7 Å². The molecule has 8 nitrogen and oxygen atoms in total.